The maximum absolute atomic E-state index is 9.48. The number of benzene rings is 1. The van der Waals surface area contributed by atoms with Crippen LogP contribution in [0.25, 0.3) is 5.69 Å². The highest BCUT2D eigenvalue weighted by Crippen LogP contribution is 2.26. The summed E-state index contributed by atoms with van der Waals surface area (Å²) in [7, 11) is 0. The van der Waals surface area contributed by atoms with Crippen molar-refractivity contribution in [2.45, 2.75) is 25.8 Å². The lowest BCUT2D eigenvalue weighted by Crippen LogP contribution is -2.37. The summed E-state index contributed by atoms with van der Waals surface area (Å²) in [4.78, 5) is 11.1. The van der Waals surface area contributed by atoms with Crippen LogP contribution >= 0.6 is 0 Å². The van der Waals surface area contributed by atoms with Gasteiger partial charge in [0.15, 0.2) is 0 Å². The van der Waals surface area contributed by atoms with Gasteiger partial charge in [0.1, 0.15) is 18.0 Å². The summed E-state index contributed by atoms with van der Waals surface area (Å²) in [5.74, 6) is 2.02. The van der Waals surface area contributed by atoms with Crippen LogP contribution in [0.15, 0.2) is 55.1 Å². The Bertz CT molecular complexity index is 897. The monoisotopic (exact) mass is 378 g/mol. The molecule has 0 saturated carbocycles. The van der Waals surface area contributed by atoms with Crippen molar-refractivity contribution in [2.75, 3.05) is 29.9 Å². The van der Waals surface area contributed by atoms with Gasteiger partial charge in [0.05, 0.1) is 11.7 Å². The SMILES string of the molecule is CC(Nc1cc(N2CCCC(CO)C2)ncn1)c1ccccc1-n1cccn1. The highest BCUT2D eigenvalue weighted by atomic mass is 16.3. The number of nitrogens with zero attached hydrogens (tertiary/aromatic N) is 5. The first kappa shape index (κ1) is 18.4. The van der Waals surface area contributed by atoms with E-state index in [9.17, 15) is 5.11 Å². The van der Waals surface area contributed by atoms with E-state index in [-0.39, 0.29) is 12.6 Å². The number of rotatable bonds is 6. The molecule has 1 fully saturated rings. The third-order valence-electron chi connectivity index (χ3n) is 5.27. The summed E-state index contributed by atoms with van der Waals surface area (Å²) < 4.78 is 1.88. The molecule has 0 aliphatic carbocycles. The first-order chi connectivity index (χ1) is 13.7. The molecule has 2 unspecified atom stereocenters. The van der Waals surface area contributed by atoms with Crippen molar-refractivity contribution >= 4 is 11.6 Å². The van der Waals surface area contributed by atoms with E-state index >= 15 is 0 Å². The van der Waals surface area contributed by atoms with Gasteiger partial charge >= 0.3 is 0 Å². The molecule has 7 nitrogen and oxygen atoms in total. The summed E-state index contributed by atoms with van der Waals surface area (Å²) in [6.07, 6.45) is 7.48. The molecule has 4 rings (SSSR count). The van der Waals surface area contributed by atoms with Gasteiger partial charge in [-0.2, -0.15) is 5.10 Å². The Morgan fingerprint density at radius 3 is 2.96 bits per heavy atom. The Balaban J connectivity index is 1.52. The molecule has 146 valence electrons. The molecule has 1 saturated heterocycles. The van der Waals surface area contributed by atoms with Crippen LogP contribution in [0.3, 0.4) is 0 Å². The predicted molar refractivity (Wildman–Crippen MR) is 110 cm³/mol. The van der Waals surface area contributed by atoms with Gasteiger partial charge in [0.2, 0.25) is 0 Å². The first-order valence-electron chi connectivity index (χ1n) is 9.78. The minimum atomic E-state index is 0.0506. The van der Waals surface area contributed by atoms with Crippen LogP contribution in [0.2, 0.25) is 0 Å². The van der Waals surface area contributed by atoms with Gasteiger partial charge in [-0.1, -0.05) is 18.2 Å². The van der Waals surface area contributed by atoms with Crippen LogP contribution in [0.1, 0.15) is 31.4 Å². The number of hydrogen-bond donors (Lipinski definition) is 2. The standard InChI is InChI=1S/C21H26N6O/c1-16(18-7-2-3-8-19(18)27-11-5-9-24-27)25-20-12-21(23-15-22-20)26-10-4-6-17(13-26)14-28/h2-3,5,7-9,11-12,15-17,28H,4,6,10,13-14H2,1H3,(H,22,23,25). The number of hydrogen-bond acceptors (Lipinski definition) is 6. The topological polar surface area (TPSA) is 79.1 Å². The van der Waals surface area contributed by atoms with Crippen LogP contribution in [-0.2, 0) is 0 Å². The zero-order chi connectivity index (χ0) is 19.3. The Morgan fingerprint density at radius 1 is 1.25 bits per heavy atom. The predicted octanol–water partition coefficient (Wildman–Crippen LogP) is 3.04. The molecule has 2 N–H and O–H groups in total. The Morgan fingerprint density at radius 2 is 2.14 bits per heavy atom. The minimum Gasteiger partial charge on any atom is -0.396 e. The van der Waals surface area contributed by atoms with E-state index in [1.54, 1.807) is 12.5 Å². The zero-order valence-corrected chi connectivity index (χ0v) is 16.1. The minimum absolute atomic E-state index is 0.0506. The maximum Gasteiger partial charge on any atom is 0.134 e. The molecular weight excluding hydrogens is 352 g/mol. The third-order valence-corrected chi connectivity index (χ3v) is 5.27. The summed E-state index contributed by atoms with van der Waals surface area (Å²) in [6, 6.07) is 12.2. The lowest BCUT2D eigenvalue weighted by molar-refractivity contribution is 0.208. The fourth-order valence-corrected chi connectivity index (χ4v) is 3.79. The second-order valence-corrected chi connectivity index (χ2v) is 7.27. The van der Waals surface area contributed by atoms with Crippen molar-refractivity contribution in [1.29, 1.82) is 0 Å². The molecule has 1 aliphatic heterocycles. The summed E-state index contributed by atoms with van der Waals surface area (Å²) in [5.41, 5.74) is 2.19. The van der Waals surface area contributed by atoms with E-state index in [4.69, 9.17) is 0 Å². The molecule has 0 radical (unpaired) electrons. The van der Waals surface area contributed by atoms with Crippen molar-refractivity contribution in [3.63, 3.8) is 0 Å². The molecule has 2 atom stereocenters. The average molecular weight is 378 g/mol. The number of aliphatic hydroxyl groups excluding tert-OH is 1. The Hall–Kier alpha value is -2.93. The van der Waals surface area contributed by atoms with Crippen molar-refractivity contribution in [3.05, 3.63) is 60.7 Å². The number of aromatic nitrogens is 4. The molecule has 3 heterocycles. The highest BCUT2D eigenvalue weighted by Gasteiger charge is 2.21. The lowest BCUT2D eigenvalue weighted by Gasteiger charge is -2.32. The highest BCUT2D eigenvalue weighted by molar-refractivity contribution is 5.51. The lowest BCUT2D eigenvalue weighted by atomic mass is 9.99. The molecule has 0 spiro atoms. The quantitative estimate of drug-likeness (QED) is 0.686. The molecule has 7 heteroatoms. The van der Waals surface area contributed by atoms with Gasteiger partial charge in [0, 0.05) is 38.2 Å². The zero-order valence-electron chi connectivity index (χ0n) is 16.1. The van der Waals surface area contributed by atoms with E-state index in [1.165, 1.54) is 0 Å². The van der Waals surface area contributed by atoms with E-state index < -0.39 is 0 Å². The van der Waals surface area contributed by atoms with Crippen LogP contribution in [-0.4, -0.2) is 44.6 Å². The largest absolute Gasteiger partial charge is 0.396 e. The summed E-state index contributed by atoms with van der Waals surface area (Å²) in [6.45, 7) is 4.15. The van der Waals surface area contributed by atoms with Gasteiger partial charge in [-0.3, -0.25) is 0 Å². The van der Waals surface area contributed by atoms with E-state index in [2.05, 4.69) is 44.3 Å². The van der Waals surface area contributed by atoms with Gasteiger partial charge in [-0.15, -0.1) is 0 Å². The van der Waals surface area contributed by atoms with Crippen molar-refractivity contribution in [1.82, 2.24) is 19.7 Å². The first-order valence-corrected chi connectivity index (χ1v) is 9.78. The number of piperidine rings is 1. The number of nitrogens with one attached hydrogen (secondary N) is 1. The molecule has 1 aliphatic rings. The molecule has 0 bridgehead atoms. The van der Waals surface area contributed by atoms with Gasteiger partial charge in [0.25, 0.3) is 0 Å². The smallest absolute Gasteiger partial charge is 0.134 e. The number of para-hydroxylation sites is 1. The summed E-state index contributed by atoms with van der Waals surface area (Å²) >= 11 is 0. The Kier molecular flexibility index (Phi) is 5.53. The van der Waals surface area contributed by atoms with E-state index in [1.807, 2.05) is 35.1 Å². The van der Waals surface area contributed by atoms with Crippen molar-refractivity contribution < 1.29 is 5.11 Å². The van der Waals surface area contributed by atoms with Crippen LogP contribution in [0, 0.1) is 5.92 Å². The van der Waals surface area contributed by atoms with Crippen LogP contribution in [0.4, 0.5) is 11.6 Å². The molecule has 0 amide bonds. The van der Waals surface area contributed by atoms with Gasteiger partial charge in [-0.25, -0.2) is 14.6 Å². The van der Waals surface area contributed by atoms with E-state index in [0.717, 1.165) is 48.8 Å². The summed E-state index contributed by atoms with van der Waals surface area (Å²) in [5, 5.41) is 17.3. The normalized spacial score (nSPS) is 18.1. The Labute approximate surface area is 165 Å². The maximum atomic E-state index is 9.48. The second-order valence-electron chi connectivity index (χ2n) is 7.27. The average Bonchev–Trinajstić information content (AvgIpc) is 3.29. The fraction of sp³-hybridized carbons (Fsp3) is 0.381. The number of aliphatic hydroxyl groups is 1. The molecular formula is C21H26N6O. The van der Waals surface area contributed by atoms with E-state index in [0.29, 0.717) is 5.92 Å². The fourth-order valence-electron chi connectivity index (χ4n) is 3.79. The number of anilines is 2. The van der Waals surface area contributed by atoms with Crippen molar-refractivity contribution in [2.24, 2.45) is 5.92 Å². The molecule has 2 aromatic heterocycles. The van der Waals surface area contributed by atoms with Gasteiger partial charge in [-0.05, 0) is 43.4 Å². The molecule has 28 heavy (non-hydrogen) atoms. The van der Waals surface area contributed by atoms with Crippen LogP contribution < -0.4 is 10.2 Å². The molecule has 1 aromatic carbocycles. The molecule has 3 aromatic rings. The third kappa shape index (κ3) is 3.99. The second kappa shape index (κ2) is 8.39. The van der Waals surface area contributed by atoms with Crippen molar-refractivity contribution in [3.8, 4) is 5.69 Å². The van der Waals surface area contributed by atoms with Crippen LogP contribution in [0.5, 0.6) is 0 Å². The van der Waals surface area contributed by atoms with Gasteiger partial charge < -0.3 is 15.3 Å².